The minimum atomic E-state index is -4.03. The van der Waals surface area contributed by atoms with E-state index in [1.54, 1.807) is 75.4 Å². The van der Waals surface area contributed by atoms with Crippen LogP contribution in [0.5, 0.6) is 0 Å². The van der Waals surface area contributed by atoms with E-state index >= 15 is 0 Å². The van der Waals surface area contributed by atoms with Crippen molar-refractivity contribution in [3.05, 3.63) is 78.1 Å². The van der Waals surface area contributed by atoms with E-state index in [4.69, 9.17) is 4.42 Å². The number of hydrogen-bond acceptors (Lipinski definition) is 6. The molecule has 0 radical (unpaired) electrons. The first-order valence-corrected chi connectivity index (χ1v) is 13.9. The van der Waals surface area contributed by atoms with Crippen LogP contribution in [0.25, 0.3) is 22.1 Å². The van der Waals surface area contributed by atoms with Crippen LogP contribution < -0.4 is 15.4 Å². The second-order valence-corrected chi connectivity index (χ2v) is 11.4. The summed E-state index contributed by atoms with van der Waals surface area (Å²) in [5.74, 6) is -2.22. The zero-order valence-corrected chi connectivity index (χ0v) is 23.1. The molecule has 11 heteroatoms. The molecule has 208 valence electrons. The predicted octanol–water partition coefficient (Wildman–Crippen LogP) is 5.01. The lowest BCUT2D eigenvalue weighted by atomic mass is 10.1. The Hall–Kier alpha value is -4.48. The van der Waals surface area contributed by atoms with Gasteiger partial charge in [-0.05, 0) is 60.4 Å². The molecule has 1 aromatic heterocycles. The van der Waals surface area contributed by atoms with E-state index in [1.807, 2.05) is 0 Å². The summed E-state index contributed by atoms with van der Waals surface area (Å²) in [4.78, 5) is 35.9. The molecule has 1 heterocycles. The number of fused-ring (bicyclic) bond motifs is 1. The fourth-order valence-electron chi connectivity index (χ4n) is 4.28. The number of nitrogens with one attached hydrogen (secondary N) is 3. The summed E-state index contributed by atoms with van der Waals surface area (Å²) in [6.07, 6.45) is 0. The lowest BCUT2D eigenvalue weighted by Gasteiger charge is -2.18. The van der Waals surface area contributed by atoms with E-state index in [0.29, 0.717) is 27.9 Å². The number of carboxylic acid groups (broad SMARTS) is 1. The van der Waals surface area contributed by atoms with Gasteiger partial charge < -0.3 is 20.2 Å². The molecule has 0 aliphatic carbocycles. The van der Waals surface area contributed by atoms with Crippen molar-refractivity contribution in [3.63, 3.8) is 0 Å². The van der Waals surface area contributed by atoms with Gasteiger partial charge in [0.25, 0.3) is 5.91 Å². The molecule has 0 bridgehead atoms. The summed E-state index contributed by atoms with van der Waals surface area (Å²) in [6, 6.07) is 17.0. The molecule has 0 aliphatic rings. The predicted molar refractivity (Wildman–Crippen MR) is 152 cm³/mol. The maximum atomic E-state index is 13.0. The van der Waals surface area contributed by atoms with E-state index in [9.17, 15) is 27.9 Å². The number of anilines is 2. The SMILES string of the molecule is CC(=O)Nc1cccc2oc(C(=O)Nc3ccc(-c4ccc(S(=O)(=O)N[C@H](C(=O)O)C(C)C)cc4)cc3)c(C)c12. The molecule has 10 nitrogen and oxygen atoms in total. The Kier molecular flexibility index (Phi) is 8.08. The maximum Gasteiger partial charge on any atom is 0.322 e. The van der Waals surface area contributed by atoms with Crippen LogP contribution in [0.1, 0.15) is 36.9 Å². The lowest BCUT2D eigenvalue weighted by molar-refractivity contribution is -0.140. The summed E-state index contributed by atoms with van der Waals surface area (Å²) in [5, 5.41) is 15.5. The van der Waals surface area contributed by atoms with E-state index in [1.165, 1.54) is 19.1 Å². The van der Waals surface area contributed by atoms with Gasteiger partial charge in [0.15, 0.2) is 5.76 Å². The average Bonchev–Trinajstić information content (AvgIpc) is 3.24. The molecule has 2 amide bonds. The van der Waals surface area contributed by atoms with Crippen LogP contribution in [0.2, 0.25) is 0 Å². The van der Waals surface area contributed by atoms with Crippen molar-refractivity contribution in [2.45, 2.75) is 38.6 Å². The Morgan fingerprint density at radius 2 is 1.48 bits per heavy atom. The molecule has 0 saturated carbocycles. The van der Waals surface area contributed by atoms with Crippen LogP contribution in [-0.2, 0) is 19.6 Å². The number of carboxylic acids is 1. The van der Waals surface area contributed by atoms with Gasteiger partial charge in [-0.25, -0.2) is 8.42 Å². The fraction of sp³-hybridized carbons (Fsp3) is 0.207. The molecule has 4 rings (SSSR count). The maximum absolute atomic E-state index is 13.0. The second-order valence-electron chi connectivity index (χ2n) is 9.65. The average molecular weight is 564 g/mol. The number of amides is 2. The van der Waals surface area contributed by atoms with Crippen LogP contribution in [-0.4, -0.2) is 37.3 Å². The number of aryl methyl sites for hydroxylation is 1. The van der Waals surface area contributed by atoms with Crippen molar-refractivity contribution >= 4 is 50.2 Å². The number of sulfonamides is 1. The molecule has 0 fully saturated rings. The summed E-state index contributed by atoms with van der Waals surface area (Å²) in [6.45, 7) is 6.40. The van der Waals surface area contributed by atoms with Gasteiger partial charge in [-0.1, -0.05) is 44.2 Å². The number of hydrogen-bond donors (Lipinski definition) is 4. The quantitative estimate of drug-likeness (QED) is 0.223. The Balaban J connectivity index is 1.49. The van der Waals surface area contributed by atoms with Gasteiger partial charge >= 0.3 is 5.97 Å². The van der Waals surface area contributed by atoms with Crippen molar-refractivity contribution in [1.82, 2.24) is 4.72 Å². The monoisotopic (exact) mass is 563 g/mol. The first-order valence-electron chi connectivity index (χ1n) is 12.4. The first-order chi connectivity index (χ1) is 18.9. The van der Waals surface area contributed by atoms with Crippen molar-refractivity contribution in [1.29, 1.82) is 0 Å². The third-order valence-electron chi connectivity index (χ3n) is 6.33. The molecule has 4 aromatic rings. The zero-order valence-electron chi connectivity index (χ0n) is 22.3. The van der Waals surface area contributed by atoms with Crippen LogP contribution in [0.3, 0.4) is 0 Å². The molecular formula is C29H29N3O7S. The highest BCUT2D eigenvalue weighted by Gasteiger charge is 2.28. The molecule has 0 spiro atoms. The summed E-state index contributed by atoms with van der Waals surface area (Å²) in [7, 11) is -4.03. The van der Waals surface area contributed by atoms with Crippen LogP contribution in [0.4, 0.5) is 11.4 Å². The molecule has 0 aliphatic heterocycles. The minimum absolute atomic E-state index is 0.0464. The van der Waals surface area contributed by atoms with Crippen LogP contribution in [0.15, 0.2) is 76.0 Å². The largest absolute Gasteiger partial charge is 0.480 e. The van der Waals surface area contributed by atoms with Crippen molar-refractivity contribution in [2.24, 2.45) is 5.92 Å². The van der Waals surface area contributed by atoms with Gasteiger partial charge in [0.05, 0.1) is 10.6 Å². The summed E-state index contributed by atoms with van der Waals surface area (Å²) < 4.78 is 33.4. The number of rotatable bonds is 9. The number of carbonyl (C=O) groups is 3. The molecule has 40 heavy (non-hydrogen) atoms. The number of aliphatic carboxylic acids is 1. The van der Waals surface area contributed by atoms with E-state index in [2.05, 4.69) is 15.4 Å². The third kappa shape index (κ3) is 6.05. The lowest BCUT2D eigenvalue weighted by Crippen LogP contribution is -2.44. The van der Waals surface area contributed by atoms with Crippen molar-refractivity contribution in [2.75, 3.05) is 10.6 Å². The van der Waals surface area contributed by atoms with Gasteiger partial charge in [0.1, 0.15) is 11.6 Å². The van der Waals surface area contributed by atoms with Crippen molar-refractivity contribution < 1.29 is 32.3 Å². The fourth-order valence-corrected chi connectivity index (χ4v) is 5.62. The Morgan fingerprint density at radius 1 is 0.875 bits per heavy atom. The van der Waals surface area contributed by atoms with E-state index in [-0.39, 0.29) is 16.6 Å². The van der Waals surface area contributed by atoms with Crippen LogP contribution >= 0.6 is 0 Å². The van der Waals surface area contributed by atoms with Gasteiger partial charge in [0.2, 0.25) is 15.9 Å². The van der Waals surface area contributed by atoms with Crippen molar-refractivity contribution in [3.8, 4) is 11.1 Å². The Labute approximate surface area is 231 Å². The second kappa shape index (κ2) is 11.3. The van der Waals surface area contributed by atoms with Gasteiger partial charge in [-0.2, -0.15) is 4.72 Å². The number of carbonyl (C=O) groups excluding carboxylic acids is 2. The molecule has 3 aromatic carbocycles. The highest BCUT2D eigenvalue weighted by molar-refractivity contribution is 7.89. The first kappa shape index (κ1) is 28.5. The smallest absolute Gasteiger partial charge is 0.322 e. The topological polar surface area (TPSA) is 155 Å². The zero-order chi connectivity index (χ0) is 29.2. The molecular weight excluding hydrogens is 534 g/mol. The molecule has 0 saturated heterocycles. The normalized spacial score (nSPS) is 12.3. The number of benzene rings is 3. The molecule has 0 unspecified atom stereocenters. The summed E-state index contributed by atoms with van der Waals surface area (Å²) >= 11 is 0. The van der Waals surface area contributed by atoms with Gasteiger partial charge in [-0.15, -0.1) is 0 Å². The molecule has 4 N–H and O–H groups in total. The Bertz CT molecular complexity index is 1690. The minimum Gasteiger partial charge on any atom is -0.480 e. The Morgan fingerprint density at radius 3 is 2.02 bits per heavy atom. The van der Waals surface area contributed by atoms with Gasteiger partial charge in [0, 0.05) is 23.6 Å². The van der Waals surface area contributed by atoms with Crippen LogP contribution in [0, 0.1) is 12.8 Å². The highest BCUT2D eigenvalue weighted by atomic mass is 32.2. The van der Waals surface area contributed by atoms with Gasteiger partial charge in [-0.3, -0.25) is 14.4 Å². The third-order valence-corrected chi connectivity index (χ3v) is 7.78. The molecule has 1 atom stereocenters. The highest BCUT2D eigenvalue weighted by Crippen LogP contribution is 2.32. The van der Waals surface area contributed by atoms with E-state index in [0.717, 1.165) is 11.1 Å². The number of furan rings is 1. The van der Waals surface area contributed by atoms with E-state index < -0.39 is 33.9 Å². The standard InChI is InChI=1S/C29H29N3O7S/c1-16(2)26(29(35)36)32-40(37,38)22-14-10-20(11-15-22)19-8-12-21(13-9-19)31-28(34)27-17(3)25-23(30-18(4)33)6-5-7-24(25)39-27/h5-16,26,32H,1-4H3,(H,30,33)(H,31,34)(H,35,36)/t26-/m0/s1. The summed E-state index contributed by atoms with van der Waals surface area (Å²) in [5.41, 5.74) is 3.67.